The molecule has 0 atom stereocenters. The van der Waals surface area contributed by atoms with Gasteiger partial charge in [0.25, 0.3) is 0 Å². The second-order valence-corrected chi connectivity index (χ2v) is 5.24. The maximum Gasteiger partial charge on any atom is 0.346 e. The summed E-state index contributed by atoms with van der Waals surface area (Å²) < 4.78 is 3.02. The van der Waals surface area contributed by atoms with Crippen molar-refractivity contribution in [3.05, 3.63) is 75.7 Å². The van der Waals surface area contributed by atoms with E-state index in [0.717, 1.165) is 11.1 Å². The minimum Gasteiger partial charge on any atom is -0.270 e. The number of aryl methyl sites for hydroxylation is 1. The van der Waals surface area contributed by atoms with E-state index in [0.29, 0.717) is 17.4 Å². The molecule has 3 aromatic rings. The van der Waals surface area contributed by atoms with Gasteiger partial charge >= 0.3 is 5.69 Å². The lowest BCUT2D eigenvalue weighted by Crippen LogP contribution is -2.23. The van der Waals surface area contributed by atoms with Crippen molar-refractivity contribution in [3.63, 3.8) is 0 Å². The molecular weight excluding hydrogens is 286 g/mol. The van der Waals surface area contributed by atoms with Crippen molar-refractivity contribution in [3.8, 4) is 11.4 Å². The van der Waals surface area contributed by atoms with Crippen LogP contribution in [-0.2, 0) is 13.6 Å². The summed E-state index contributed by atoms with van der Waals surface area (Å²) in [6.45, 7) is 0.492. The molecule has 0 fully saturated rings. The molecule has 21 heavy (non-hydrogen) atoms. The summed E-state index contributed by atoms with van der Waals surface area (Å²) in [6.07, 6.45) is 0. The average Bonchev–Trinajstić information content (AvgIpc) is 2.78. The molecule has 106 valence electrons. The Morgan fingerprint density at radius 3 is 2.38 bits per heavy atom. The molecule has 0 saturated heterocycles. The van der Waals surface area contributed by atoms with Crippen molar-refractivity contribution in [1.82, 2.24) is 14.3 Å². The van der Waals surface area contributed by atoms with E-state index >= 15 is 0 Å². The van der Waals surface area contributed by atoms with Crippen LogP contribution in [0.25, 0.3) is 11.4 Å². The van der Waals surface area contributed by atoms with Gasteiger partial charge in [-0.3, -0.25) is 4.57 Å². The zero-order valence-corrected chi connectivity index (χ0v) is 12.3. The Balaban J connectivity index is 2.07. The Labute approximate surface area is 127 Å². The van der Waals surface area contributed by atoms with Crippen molar-refractivity contribution in [2.45, 2.75) is 6.54 Å². The Kier molecular flexibility index (Phi) is 3.62. The van der Waals surface area contributed by atoms with Gasteiger partial charge in [-0.25, -0.2) is 9.48 Å². The third-order valence-electron chi connectivity index (χ3n) is 3.29. The Morgan fingerprint density at radius 2 is 1.71 bits per heavy atom. The molecule has 5 heteroatoms. The first-order valence-corrected chi connectivity index (χ1v) is 6.96. The second kappa shape index (κ2) is 5.58. The predicted octanol–water partition coefficient (Wildman–Crippen LogP) is 2.95. The van der Waals surface area contributed by atoms with Crippen LogP contribution in [0.15, 0.2) is 59.4 Å². The standard InChI is InChI=1S/C16H14ClN3O/c1-19-16(21)20(11-12-5-3-2-4-6-12)15(18-19)13-7-9-14(17)10-8-13/h2-10H,11H2,1H3. The minimum atomic E-state index is -0.135. The summed E-state index contributed by atoms with van der Waals surface area (Å²) >= 11 is 5.91. The fraction of sp³-hybridized carbons (Fsp3) is 0.125. The highest BCUT2D eigenvalue weighted by Gasteiger charge is 2.13. The van der Waals surface area contributed by atoms with Crippen molar-refractivity contribution >= 4 is 11.6 Å². The van der Waals surface area contributed by atoms with Crippen LogP contribution in [0.2, 0.25) is 5.02 Å². The summed E-state index contributed by atoms with van der Waals surface area (Å²) in [5, 5.41) is 4.99. The van der Waals surface area contributed by atoms with Crippen molar-refractivity contribution in [1.29, 1.82) is 0 Å². The van der Waals surface area contributed by atoms with Crippen LogP contribution in [-0.4, -0.2) is 14.3 Å². The molecule has 1 heterocycles. The molecule has 0 aliphatic rings. The lowest BCUT2D eigenvalue weighted by molar-refractivity contribution is 0.692. The highest BCUT2D eigenvalue weighted by molar-refractivity contribution is 6.30. The van der Waals surface area contributed by atoms with E-state index < -0.39 is 0 Å². The summed E-state index contributed by atoms with van der Waals surface area (Å²) in [5.74, 6) is 0.642. The molecule has 1 aromatic heterocycles. The lowest BCUT2D eigenvalue weighted by atomic mass is 10.2. The first-order chi connectivity index (χ1) is 10.1. The topological polar surface area (TPSA) is 39.8 Å². The van der Waals surface area contributed by atoms with Crippen molar-refractivity contribution in [2.75, 3.05) is 0 Å². The fourth-order valence-electron chi connectivity index (χ4n) is 2.23. The Bertz CT molecular complexity index is 804. The molecule has 0 amide bonds. The molecule has 0 aliphatic heterocycles. The maximum atomic E-state index is 12.3. The highest BCUT2D eigenvalue weighted by atomic mass is 35.5. The monoisotopic (exact) mass is 299 g/mol. The molecular formula is C16H14ClN3O. The molecule has 0 aliphatic carbocycles. The summed E-state index contributed by atoms with van der Waals surface area (Å²) in [4.78, 5) is 12.3. The van der Waals surface area contributed by atoms with E-state index in [1.54, 1.807) is 23.7 Å². The summed E-state index contributed by atoms with van der Waals surface area (Å²) in [6, 6.07) is 17.2. The van der Waals surface area contributed by atoms with Gasteiger partial charge in [-0.15, -0.1) is 5.10 Å². The maximum absolute atomic E-state index is 12.3. The number of hydrogen-bond donors (Lipinski definition) is 0. The van der Waals surface area contributed by atoms with E-state index in [-0.39, 0.29) is 5.69 Å². The third kappa shape index (κ3) is 2.76. The quantitative estimate of drug-likeness (QED) is 0.746. The largest absolute Gasteiger partial charge is 0.346 e. The van der Waals surface area contributed by atoms with E-state index in [9.17, 15) is 4.79 Å². The van der Waals surface area contributed by atoms with Gasteiger partial charge in [0.2, 0.25) is 0 Å². The second-order valence-electron chi connectivity index (χ2n) is 4.81. The molecule has 0 N–H and O–H groups in total. The minimum absolute atomic E-state index is 0.135. The van der Waals surface area contributed by atoms with Crippen LogP contribution >= 0.6 is 11.6 Å². The normalized spacial score (nSPS) is 10.8. The smallest absolute Gasteiger partial charge is 0.270 e. The lowest BCUT2D eigenvalue weighted by Gasteiger charge is -2.06. The van der Waals surface area contributed by atoms with Gasteiger partial charge in [0, 0.05) is 17.6 Å². The van der Waals surface area contributed by atoms with Gasteiger partial charge in [-0.2, -0.15) is 0 Å². The number of halogens is 1. The third-order valence-corrected chi connectivity index (χ3v) is 3.55. The number of hydrogen-bond acceptors (Lipinski definition) is 2. The number of benzene rings is 2. The highest BCUT2D eigenvalue weighted by Crippen LogP contribution is 2.19. The fourth-order valence-corrected chi connectivity index (χ4v) is 2.35. The van der Waals surface area contributed by atoms with E-state index in [1.807, 2.05) is 42.5 Å². The number of rotatable bonds is 3. The molecule has 0 bridgehead atoms. The zero-order chi connectivity index (χ0) is 14.8. The van der Waals surface area contributed by atoms with Gasteiger partial charge in [0.05, 0.1) is 6.54 Å². The number of aromatic nitrogens is 3. The first-order valence-electron chi connectivity index (χ1n) is 6.59. The predicted molar refractivity (Wildman–Crippen MR) is 83.5 cm³/mol. The van der Waals surface area contributed by atoms with Gasteiger partial charge in [-0.1, -0.05) is 41.9 Å². The first kappa shape index (κ1) is 13.6. The van der Waals surface area contributed by atoms with E-state index in [2.05, 4.69) is 5.10 Å². The Morgan fingerprint density at radius 1 is 1.05 bits per heavy atom. The van der Waals surface area contributed by atoms with Gasteiger partial charge in [0.1, 0.15) is 0 Å². The molecule has 3 rings (SSSR count). The van der Waals surface area contributed by atoms with Crippen molar-refractivity contribution < 1.29 is 0 Å². The average molecular weight is 300 g/mol. The van der Waals surface area contributed by atoms with Crippen LogP contribution in [0.3, 0.4) is 0 Å². The molecule has 0 radical (unpaired) electrons. The Hall–Kier alpha value is -2.33. The van der Waals surface area contributed by atoms with Crippen LogP contribution in [0.4, 0.5) is 0 Å². The molecule has 2 aromatic carbocycles. The molecule has 0 saturated carbocycles. The van der Waals surface area contributed by atoms with E-state index in [4.69, 9.17) is 11.6 Å². The molecule has 0 unspecified atom stereocenters. The van der Waals surface area contributed by atoms with Gasteiger partial charge in [-0.05, 0) is 29.8 Å². The summed E-state index contributed by atoms with van der Waals surface area (Å²) in [5.41, 5.74) is 1.79. The molecule has 4 nitrogen and oxygen atoms in total. The number of nitrogens with zero attached hydrogens (tertiary/aromatic N) is 3. The van der Waals surface area contributed by atoms with Gasteiger partial charge < -0.3 is 0 Å². The summed E-state index contributed by atoms with van der Waals surface area (Å²) in [7, 11) is 1.66. The van der Waals surface area contributed by atoms with Crippen LogP contribution < -0.4 is 5.69 Å². The van der Waals surface area contributed by atoms with E-state index in [1.165, 1.54) is 4.68 Å². The van der Waals surface area contributed by atoms with Crippen LogP contribution in [0.5, 0.6) is 0 Å². The van der Waals surface area contributed by atoms with Crippen molar-refractivity contribution in [2.24, 2.45) is 7.05 Å². The molecule has 0 spiro atoms. The van der Waals surface area contributed by atoms with Crippen LogP contribution in [0, 0.1) is 0 Å². The van der Waals surface area contributed by atoms with Gasteiger partial charge in [0.15, 0.2) is 5.82 Å². The van der Waals surface area contributed by atoms with Crippen LogP contribution in [0.1, 0.15) is 5.56 Å². The SMILES string of the molecule is Cn1nc(-c2ccc(Cl)cc2)n(Cc2ccccc2)c1=O. The zero-order valence-electron chi connectivity index (χ0n) is 11.5.